The van der Waals surface area contributed by atoms with Gasteiger partial charge in [-0.05, 0) is 42.3 Å². The van der Waals surface area contributed by atoms with Crippen LogP contribution in [0.1, 0.15) is 34.2 Å². The molecular formula is C27H27F3N4O3. The first-order valence-electron chi connectivity index (χ1n) is 12.0. The molecule has 10 heteroatoms. The second-order valence-electron chi connectivity index (χ2n) is 9.63. The van der Waals surface area contributed by atoms with Gasteiger partial charge in [-0.3, -0.25) is 14.8 Å². The van der Waals surface area contributed by atoms with Crippen LogP contribution in [-0.2, 0) is 17.1 Å². The van der Waals surface area contributed by atoms with E-state index in [0.29, 0.717) is 18.8 Å². The zero-order chi connectivity index (χ0) is 26.4. The Morgan fingerprint density at radius 3 is 2.84 bits per heavy atom. The molecule has 2 aliphatic heterocycles. The van der Waals surface area contributed by atoms with E-state index in [9.17, 15) is 18.7 Å². The maximum absolute atomic E-state index is 15.5. The van der Waals surface area contributed by atoms with Crippen LogP contribution in [0.15, 0.2) is 48.8 Å². The average molecular weight is 513 g/mol. The van der Waals surface area contributed by atoms with Crippen molar-refractivity contribution in [1.29, 1.82) is 0 Å². The van der Waals surface area contributed by atoms with Crippen LogP contribution in [0, 0.1) is 6.92 Å². The van der Waals surface area contributed by atoms with Gasteiger partial charge in [-0.2, -0.15) is 8.78 Å². The van der Waals surface area contributed by atoms with Crippen LogP contribution in [0.4, 0.5) is 24.5 Å². The molecule has 1 aromatic carbocycles. The van der Waals surface area contributed by atoms with Crippen molar-refractivity contribution in [3.63, 3.8) is 0 Å². The van der Waals surface area contributed by atoms with Gasteiger partial charge in [0, 0.05) is 48.6 Å². The monoisotopic (exact) mass is 512 g/mol. The molecule has 1 amide bonds. The minimum absolute atomic E-state index is 0.0550. The summed E-state index contributed by atoms with van der Waals surface area (Å²) in [6.07, 6.45) is 2.76. The number of carbonyl (C=O) groups excluding carboxylic acids is 1. The molecule has 2 unspecified atom stereocenters. The summed E-state index contributed by atoms with van der Waals surface area (Å²) in [5.41, 5.74) is 2.18. The summed E-state index contributed by atoms with van der Waals surface area (Å²) >= 11 is 0. The third-order valence-electron chi connectivity index (χ3n) is 7.00. The number of nitrogens with one attached hydrogen (secondary N) is 1. The smallest absolute Gasteiger partial charge is 0.286 e. The Kier molecular flexibility index (Phi) is 6.41. The molecule has 1 saturated heterocycles. The number of aliphatic hydroxyl groups is 1. The molecule has 3 aromatic rings. The summed E-state index contributed by atoms with van der Waals surface area (Å²) in [6.45, 7) is 3.15. The maximum Gasteiger partial charge on any atom is 0.286 e. The Labute approximate surface area is 212 Å². The van der Waals surface area contributed by atoms with Crippen molar-refractivity contribution in [2.75, 3.05) is 36.6 Å². The Bertz CT molecular complexity index is 1350. The number of aryl methyl sites for hydroxylation is 1. The maximum atomic E-state index is 15.5. The number of halogens is 3. The topological polar surface area (TPSA) is 87.6 Å². The van der Waals surface area contributed by atoms with Gasteiger partial charge in [0.15, 0.2) is 5.67 Å². The number of fused-ring (bicyclic) bond motifs is 3. The number of aliphatic hydroxyl groups excluding tert-OH is 1. The van der Waals surface area contributed by atoms with Gasteiger partial charge in [0.05, 0.1) is 37.7 Å². The lowest BCUT2D eigenvalue weighted by Gasteiger charge is -2.48. The van der Waals surface area contributed by atoms with Crippen molar-refractivity contribution >= 4 is 17.3 Å². The molecule has 2 aliphatic rings. The second kappa shape index (κ2) is 9.42. The number of nitrogens with zero attached hydrogens (tertiary/aromatic N) is 3. The molecule has 37 heavy (non-hydrogen) atoms. The lowest BCUT2D eigenvalue weighted by molar-refractivity contribution is -0.0173. The van der Waals surface area contributed by atoms with E-state index in [4.69, 9.17) is 4.74 Å². The third-order valence-corrected chi connectivity index (χ3v) is 7.00. The predicted molar refractivity (Wildman–Crippen MR) is 133 cm³/mol. The first-order chi connectivity index (χ1) is 17.6. The zero-order valence-corrected chi connectivity index (χ0v) is 20.5. The van der Waals surface area contributed by atoms with Crippen LogP contribution in [0.2, 0.25) is 0 Å². The van der Waals surface area contributed by atoms with Crippen molar-refractivity contribution in [3.05, 3.63) is 71.3 Å². The lowest BCUT2D eigenvalue weighted by Crippen LogP contribution is -2.62. The molecule has 0 saturated carbocycles. The van der Waals surface area contributed by atoms with Crippen molar-refractivity contribution in [1.82, 2.24) is 9.97 Å². The highest BCUT2D eigenvalue weighted by Gasteiger charge is 2.48. The van der Waals surface area contributed by atoms with E-state index in [1.807, 2.05) is 30.0 Å². The molecule has 0 spiro atoms. The van der Waals surface area contributed by atoms with Crippen molar-refractivity contribution in [2.24, 2.45) is 0 Å². The highest BCUT2D eigenvalue weighted by molar-refractivity contribution is 6.04. The minimum atomic E-state index is -3.17. The number of pyridine rings is 2. The van der Waals surface area contributed by atoms with Gasteiger partial charge in [-0.25, -0.2) is 4.39 Å². The molecule has 194 valence electrons. The van der Waals surface area contributed by atoms with Crippen molar-refractivity contribution in [3.8, 4) is 11.1 Å². The minimum Gasteiger partial charge on any atom is -0.393 e. The molecular weight excluding hydrogens is 485 g/mol. The predicted octanol–water partition coefficient (Wildman–Crippen LogP) is 4.28. The molecule has 2 atom stereocenters. The van der Waals surface area contributed by atoms with E-state index in [2.05, 4.69) is 15.3 Å². The van der Waals surface area contributed by atoms with Gasteiger partial charge in [0.2, 0.25) is 0 Å². The molecule has 0 bridgehead atoms. The quantitative estimate of drug-likeness (QED) is 0.531. The van der Waals surface area contributed by atoms with E-state index >= 15 is 4.39 Å². The Morgan fingerprint density at radius 1 is 1.27 bits per heavy atom. The second-order valence-corrected chi connectivity index (χ2v) is 9.63. The van der Waals surface area contributed by atoms with Crippen molar-refractivity contribution in [2.45, 2.75) is 37.9 Å². The van der Waals surface area contributed by atoms with Crippen LogP contribution in [-0.4, -0.2) is 59.1 Å². The van der Waals surface area contributed by atoms with E-state index in [-0.39, 0.29) is 18.6 Å². The van der Waals surface area contributed by atoms with Gasteiger partial charge >= 0.3 is 0 Å². The zero-order valence-electron chi connectivity index (χ0n) is 20.5. The fourth-order valence-electron chi connectivity index (χ4n) is 4.97. The number of alkyl halides is 3. The van der Waals surface area contributed by atoms with Crippen LogP contribution in [0.3, 0.4) is 0 Å². The average Bonchev–Trinajstić information content (AvgIpc) is 2.89. The number of carbonyl (C=O) groups is 1. The summed E-state index contributed by atoms with van der Waals surface area (Å²) in [5.74, 6) is -3.73. The van der Waals surface area contributed by atoms with E-state index in [1.165, 1.54) is 18.5 Å². The number of hydrogen-bond donors (Lipinski definition) is 2. The summed E-state index contributed by atoms with van der Waals surface area (Å²) in [7, 11) is 0. The first kappa shape index (κ1) is 25.2. The Hall–Kier alpha value is -3.50. The number of morpholine rings is 1. The standard InChI is InChI=1S/C27H27F3N4O3/c1-16-21(11-20(13-32-16)33-25(36)18-5-6-31-23(10-18)26(2,28)29)17-3-4-19-12-27(30,15-35)24-14-37-8-7-34(24)22(19)9-17/h3-6,9-11,13,24,35H,7-8,12,14-15H2,1-2H3,(H,33,36). The number of hydrogen-bond acceptors (Lipinski definition) is 6. The Morgan fingerprint density at radius 2 is 2.08 bits per heavy atom. The van der Waals surface area contributed by atoms with Crippen LogP contribution >= 0.6 is 0 Å². The first-order valence-corrected chi connectivity index (χ1v) is 12.0. The molecule has 7 nitrogen and oxygen atoms in total. The third kappa shape index (κ3) is 4.78. The molecule has 2 N–H and O–H groups in total. The molecule has 2 aromatic heterocycles. The molecule has 5 rings (SSSR count). The Balaban J connectivity index is 1.45. The van der Waals surface area contributed by atoms with E-state index < -0.39 is 35.8 Å². The van der Waals surface area contributed by atoms with E-state index in [0.717, 1.165) is 41.1 Å². The number of ether oxygens (including phenoxy) is 1. The largest absolute Gasteiger partial charge is 0.393 e. The van der Waals surface area contributed by atoms with Crippen LogP contribution in [0.5, 0.6) is 0 Å². The van der Waals surface area contributed by atoms with Crippen LogP contribution in [0.25, 0.3) is 11.1 Å². The normalized spacial score (nSPS) is 21.2. The van der Waals surface area contributed by atoms with Crippen LogP contribution < -0.4 is 10.2 Å². The molecule has 0 aliphatic carbocycles. The summed E-state index contributed by atoms with van der Waals surface area (Å²) < 4.78 is 48.4. The lowest BCUT2D eigenvalue weighted by atomic mass is 9.82. The number of aromatic nitrogens is 2. The van der Waals surface area contributed by atoms with Gasteiger partial charge < -0.3 is 20.1 Å². The molecule has 0 radical (unpaired) electrons. The number of amides is 1. The van der Waals surface area contributed by atoms with Gasteiger partial charge in [0.1, 0.15) is 5.69 Å². The molecule has 4 heterocycles. The van der Waals surface area contributed by atoms with Gasteiger partial charge in [-0.1, -0.05) is 12.1 Å². The van der Waals surface area contributed by atoms with E-state index in [1.54, 1.807) is 6.07 Å². The highest BCUT2D eigenvalue weighted by Crippen LogP contribution is 2.42. The SMILES string of the molecule is Cc1ncc(NC(=O)c2ccnc(C(C)(F)F)c2)cc1-c1ccc2c(c1)N1CCOCC1C(F)(CO)C2. The number of anilines is 2. The fourth-order valence-corrected chi connectivity index (χ4v) is 4.97. The van der Waals surface area contributed by atoms with Gasteiger partial charge in [-0.15, -0.1) is 0 Å². The number of rotatable bonds is 5. The van der Waals surface area contributed by atoms with Gasteiger partial charge in [0.25, 0.3) is 11.8 Å². The number of benzene rings is 1. The fraction of sp³-hybridized carbons (Fsp3) is 0.370. The van der Waals surface area contributed by atoms with Crippen molar-refractivity contribution < 1.29 is 27.8 Å². The molecule has 1 fully saturated rings. The summed E-state index contributed by atoms with van der Waals surface area (Å²) in [4.78, 5) is 22.8. The highest BCUT2D eigenvalue weighted by atomic mass is 19.3. The summed E-state index contributed by atoms with van der Waals surface area (Å²) in [5, 5.41) is 12.5. The summed E-state index contributed by atoms with van der Waals surface area (Å²) in [6, 6.07) is 9.31.